The van der Waals surface area contributed by atoms with Gasteiger partial charge in [-0.3, -0.25) is 9.59 Å². The molecular formula is C11H22N2O3. The van der Waals surface area contributed by atoms with Crippen LogP contribution in [0, 0.1) is 5.92 Å². The monoisotopic (exact) mass is 230 g/mol. The summed E-state index contributed by atoms with van der Waals surface area (Å²) in [6, 6.07) is 0. The molecule has 0 heterocycles. The van der Waals surface area contributed by atoms with Crippen LogP contribution in [-0.2, 0) is 9.59 Å². The van der Waals surface area contributed by atoms with Crippen molar-refractivity contribution in [1.82, 2.24) is 4.90 Å². The van der Waals surface area contributed by atoms with Crippen molar-refractivity contribution in [3.8, 4) is 0 Å². The van der Waals surface area contributed by atoms with Gasteiger partial charge in [0.25, 0.3) is 0 Å². The molecule has 0 aliphatic carbocycles. The zero-order valence-corrected chi connectivity index (χ0v) is 10.1. The minimum atomic E-state index is -0.822. The number of nitrogens with zero attached hydrogens (tertiary/aromatic N) is 1. The predicted octanol–water partition coefficient (Wildman–Crippen LogP) is 0.685. The van der Waals surface area contributed by atoms with E-state index in [1.807, 2.05) is 6.92 Å². The summed E-state index contributed by atoms with van der Waals surface area (Å²) in [5.74, 6) is -0.783. The molecule has 0 aromatic rings. The first-order valence-electron chi connectivity index (χ1n) is 5.65. The average Bonchev–Trinajstić information content (AvgIpc) is 2.24. The predicted molar refractivity (Wildman–Crippen MR) is 62.0 cm³/mol. The molecule has 0 aliphatic heterocycles. The van der Waals surface area contributed by atoms with Gasteiger partial charge in [0, 0.05) is 25.9 Å². The van der Waals surface area contributed by atoms with Crippen molar-refractivity contribution in [3.63, 3.8) is 0 Å². The normalized spacial score (nSPS) is 12.2. The Balaban J connectivity index is 3.83. The molecule has 0 bridgehead atoms. The Morgan fingerprint density at radius 3 is 2.50 bits per heavy atom. The molecule has 1 amide bonds. The Bertz CT molecular complexity index is 231. The van der Waals surface area contributed by atoms with Crippen LogP contribution in [0.4, 0.5) is 0 Å². The van der Waals surface area contributed by atoms with Gasteiger partial charge in [-0.15, -0.1) is 0 Å². The lowest BCUT2D eigenvalue weighted by molar-refractivity contribution is -0.138. The van der Waals surface area contributed by atoms with E-state index < -0.39 is 5.97 Å². The molecule has 0 radical (unpaired) electrons. The smallest absolute Gasteiger partial charge is 0.303 e. The number of carboxylic acid groups (broad SMARTS) is 1. The highest BCUT2D eigenvalue weighted by Gasteiger charge is 2.16. The van der Waals surface area contributed by atoms with E-state index >= 15 is 0 Å². The largest absolute Gasteiger partial charge is 0.481 e. The number of hydrogen-bond acceptors (Lipinski definition) is 3. The fourth-order valence-electron chi connectivity index (χ4n) is 1.50. The van der Waals surface area contributed by atoms with E-state index in [0.717, 1.165) is 12.8 Å². The Kier molecular flexibility index (Phi) is 7.54. The number of nitrogens with two attached hydrogens (primary N) is 1. The molecule has 1 unspecified atom stereocenters. The van der Waals surface area contributed by atoms with Crippen LogP contribution in [0.3, 0.4) is 0 Å². The molecule has 5 heteroatoms. The molecule has 94 valence electrons. The molecule has 0 saturated carbocycles. The van der Waals surface area contributed by atoms with Gasteiger partial charge in [0.2, 0.25) is 5.91 Å². The second-order valence-corrected chi connectivity index (χ2v) is 4.09. The Labute approximate surface area is 96.6 Å². The van der Waals surface area contributed by atoms with Crippen molar-refractivity contribution < 1.29 is 14.7 Å². The maximum absolute atomic E-state index is 11.8. The number of hydrogen-bond donors (Lipinski definition) is 2. The lowest BCUT2D eigenvalue weighted by atomic mass is 10.0. The molecule has 0 saturated heterocycles. The summed E-state index contributed by atoms with van der Waals surface area (Å²) in [6.45, 7) is 2.98. The number of aliphatic carboxylic acids is 1. The highest BCUT2D eigenvalue weighted by Crippen LogP contribution is 2.08. The highest BCUT2D eigenvalue weighted by atomic mass is 16.4. The van der Waals surface area contributed by atoms with E-state index in [9.17, 15) is 9.59 Å². The van der Waals surface area contributed by atoms with Gasteiger partial charge in [-0.1, -0.05) is 6.92 Å². The molecule has 0 aromatic carbocycles. The fourth-order valence-corrected chi connectivity index (χ4v) is 1.50. The van der Waals surface area contributed by atoms with Crippen molar-refractivity contribution in [3.05, 3.63) is 0 Å². The fraction of sp³-hybridized carbons (Fsp3) is 0.818. The topological polar surface area (TPSA) is 83.6 Å². The van der Waals surface area contributed by atoms with Crippen LogP contribution in [0.5, 0.6) is 0 Å². The van der Waals surface area contributed by atoms with Crippen LogP contribution >= 0.6 is 0 Å². The Hall–Kier alpha value is -1.10. The van der Waals surface area contributed by atoms with Crippen molar-refractivity contribution in [2.45, 2.75) is 32.6 Å². The SMILES string of the molecule is CC(CCCN)C(=O)N(C)CCCC(=O)O. The molecule has 1 atom stereocenters. The summed E-state index contributed by atoms with van der Waals surface area (Å²) in [7, 11) is 1.71. The molecule has 0 fully saturated rings. The minimum absolute atomic E-state index is 0.0293. The maximum Gasteiger partial charge on any atom is 0.303 e. The van der Waals surface area contributed by atoms with Crippen molar-refractivity contribution in [2.75, 3.05) is 20.1 Å². The zero-order valence-electron chi connectivity index (χ0n) is 10.1. The lowest BCUT2D eigenvalue weighted by Gasteiger charge is -2.20. The summed E-state index contributed by atoms with van der Waals surface area (Å²) in [5, 5.41) is 8.47. The lowest BCUT2D eigenvalue weighted by Crippen LogP contribution is -2.33. The van der Waals surface area contributed by atoms with E-state index in [4.69, 9.17) is 10.8 Å². The number of rotatable bonds is 8. The van der Waals surface area contributed by atoms with Crippen LogP contribution in [0.15, 0.2) is 0 Å². The van der Waals surface area contributed by atoms with Gasteiger partial charge in [0.15, 0.2) is 0 Å². The second kappa shape index (κ2) is 8.10. The summed E-state index contributed by atoms with van der Waals surface area (Å²) < 4.78 is 0. The third-order valence-electron chi connectivity index (χ3n) is 2.52. The molecular weight excluding hydrogens is 208 g/mol. The van der Waals surface area contributed by atoms with E-state index in [1.54, 1.807) is 11.9 Å². The van der Waals surface area contributed by atoms with Gasteiger partial charge in [-0.05, 0) is 25.8 Å². The van der Waals surface area contributed by atoms with Gasteiger partial charge in [-0.2, -0.15) is 0 Å². The first-order valence-corrected chi connectivity index (χ1v) is 5.65. The number of carbonyl (C=O) groups excluding carboxylic acids is 1. The van der Waals surface area contributed by atoms with Crippen molar-refractivity contribution >= 4 is 11.9 Å². The van der Waals surface area contributed by atoms with Crippen LogP contribution in [0.25, 0.3) is 0 Å². The van der Waals surface area contributed by atoms with Crippen LogP contribution in [-0.4, -0.2) is 42.0 Å². The molecule has 0 aliphatic rings. The summed E-state index contributed by atoms with van der Waals surface area (Å²) >= 11 is 0. The quantitative estimate of drug-likeness (QED) is 0.642. The van der Waals surface area contributed by atoms with Crippen molar-refractivity contribution in [1.29, 1.82) is 0 Å². The van der Waals surface area contributed by atoms with Gasteiger partial charge >= 0.3 is 5.97 Å². The first-order chi connectivity index (χ1) is 7.49. The van der Waals surface area contributed by atoms with Crippen LogP contribution in [0.1, 0.15) is 32.6 Å². The molecule has 5 nitrogen and oxygen atoms in total. The van der Waals surface area contributed by atoms with Crippen molar-refractivity contribution in [2.24, 2.45) is 11.7 Å². The van der Waals surface area contributed by atoms with Gasteiger partial charge in [0.1, 0.15) is 0 Å². The number of amides is 1. The second-order valence-electron chi connectivity index (χ2n) is 4.09. The third kappa shape index (κ3) is 6.40. The Morgan fingerprint density at radius 1 is 1.38 bits per heavy atom. The van der Waals surface area contributed by atoms with E-state index in [-0.39, 0.29) is 18.2 Å². The molecule has 0 rings (SSSR count). The number of carboxylic acids is 1. The maximum atomic E-state index is 11.8. The average molecular weight is 230 g/mol. The van der Waals surface area contributed by atoms with Crippen LogP contribution in [0.2, 0.25) is 0 Å². The van der Waals surface area contributed by atoms with E-state index in [1.165, 1.54) is 0 Å². The van der Waals surface area contributed by atoms with E-state index in [0.29, 0.717) is 19.5 Å². The van der Waals surface area contributed by atoms with E-state index in [2.05, 4.69) is 0 Å². The summed E-state index contributed by atoms with van der Waals surface area (Å²) in [5.41, 5.74) is 5.38. The first kappa shape index (κ1) is 14.9. The summed E-state index contributed by atoms with van der Waals surface area (Å²) in [6.07, 6.45) is 2.24. The zero-order chi connectivity index (χ0) is 12.6. The summed E-state index contributed by atoms with van der Waals surface area (Å²) in [4.78, 5) is 23.7. The molecule has 3 N–H and O–H groups in total. The van der Waals surface area contributed by atoms with Gasteiger partial charge in [-0.25, -0.2) is 0 Å². The minimum Gasteiger partial charge on any atom is -0.481 e. The van der Waals surface area contributed by atoms with Crippen LogP contribution < -0.4 is 5.73 Å². The number of carbonyl (C=O) groups is 2. The van der Waals surface area contributed by atoms with Gasteiger partial charge in [0.05, 0.1) is 0 Å². The highest BCUT2D eigenvalue weighted by molar-refractivity contribution is 5.78. The molecule has 16 heavy (non-hydrogen) atoms. The molecule has 0 aromatic heterocycles. The standard InChI is InChI=1S/C11H22N2O3/c1-9(5-3-7-12)11(16)13(2)8-4-6-10(14)15/h9H,3-8,12H2,1-2H3,(H,14,15). The molecule has 0 spiro atoms. The third-order valence-corrected chi connectivity index (χ3v) is 2.52. The van der Waals surface area contributed by atoms with Gasteiger partial charge < -0.3 is 15.7 Å². The Morgan fingerprint density at radius 2 is 2.00 bits per heavy atom.